The van der Waals surface area contributed by atoms with Crippen molar-refractivity contribution in [1.82, 2.24) is 4.98 Å². The van der Waals surface area contributed by atoms with E-state index in [2.05, 4.69) is 9.88 Å². The normalized spacial score (nSPS) is 24.5. The van der Waals surface area contributed by atoms with Crippen LogP contribution in [-0.2, 0) is 4.74 Å². The first kappa shape index (κ1) is 12.6. The number of ether oxygens (including phenoxy) is 1. The molecule has 2 saturated heterocycles. The van der Waals surface area contributed by atoms with Gasteiger partial charge in [0.2, 0.25) is 0 Å². The molecule has 0 amide bonds. The van der Waals surface area contributed by atoms with E-state index in [1.165, 1.54) is 6.20 Å². The van der Waals surface area contributed by atoms with Crippen LogP contribution >= 0.6 is 0 Å². The van der Waals surface area contributed by atoms with E-state index in [1.807, 2.05) is 24.3 Å². The number of carboxylic acid groups (broad SMARTS) is 1. The van der Waals surface area contributed by atoms with Gasteiger partial charge in [-0.1, -0.05) is 18.2 Å². The van der Waals surface area contributed by atoms with Crippen molar-refractivity contribution in [2.45, 2.75) is 25.0 Å². The molecular formula is C16H16N2O3. The molecule has 0 radical (unpaired) electrons. The molecular weight excluding hydrogens is 268 g/mol. The van der Waals surface area contributed by atoms with E-state index in [1.54, 1.807) is 0 Å². The highest BCUT2D eigenvalue weighted by molar-refractivity contribution is 6.04. The van der Waals surface area contributed by atoms with E-state index in [0.29, 0.717) is 0 Å². The van der Waals surface area contributed by atoms with Crippen LogP contribution in [0.5, 0.6) is 0 Å². The lowest BCUT2D eigenvalue weighted by molar-refractivity contribution is 0.0304. The lowest BCUT2D eigenvalue weighted by Gasteiger charge is -2.35. The SMILES string of the molecule is O=C(O)c1cnc2ccccc2c1N1CC2CCC(C1)O2. The fraction of sp³-hybridized carbons (Fsp3) is 0.375. The molecule has 2 aliphatic heterocycles. The summed E-state index contributed by atoms with van der Waals surface area (Å²) in [5, 5.41) is 10.4. The molecule has 2 unspecified atom stereocenters. The number of fused-ring (bicyclic) bond motifs is 3. The van der Waals surface area contributed by atoms with Crippen molar-refractivity contribution in [3.8, 4) is 0 Å². The van der Waals surface area contributed by atoms with E-state index in [4.69, 9.17) is 4.74 Å². The first-order valence-electron chi connectivity index (χ1n) is 7.24. The lowest BCUT2D eigenvalue weighted by atomic mass is 10.1. The fourth-order valence-electron chi connectivity index (χ4n) is 3.42. The Labute approximate surface area is 122 Å². The molecule has 3 heterocycles. The number of morpholine rings is 1. The first-order chi connectivity index (χ1) is 10.2. The van der Waals surface area contributed by atoms with E-state index >= 15 is 0 Å². The van der Waals surface area contributed by atoms with Crippen LogP contribution in [0.2, 0.25) is 0 Å². The minimum atomic E-state index is -0.929. The maximum Gasteiger partial charge on any atom is 0.339 e. The van der Waals surface area contributed by atoms with Crippen molar-refractivity contribution in [3.63, 3.8) is 0 Å². The third kappa shape index (κ3) is 2.05. The predicted molar refractivity (Wildman–Crippen MR) is 78.8 cm³/mol. The molecule has 2 fully saturated rings. The zero-order valence-corrected chi connectivity index (χ0v) is 11.5. The van der Waals surface area contributed by atoms with Gasteiger partial charge in [0.25, 0.3) is 0 Å². The van der Waals surface area contributed by atoms with Crippen molar-refractivity contribution in [3.05, 3.63) is 36.0 Å². The summed E-state index contributed by atoms with van der Waals surface area (Å²) in [7, 11) is 0. The predicted octanol–water partition coefficient (Wildman–Crippen LogP) is 2.30. The van der Waals surface area contributed by atoms with Crippen molar-refractivity contribution < 1.29 is 14.6 Å². The molecule has 4 rings (SSSR count). The van der Waals surface area contributed by atoms with E-state index in [-0.39, 0.29) is 17.8 Å². The highest BCUT2D eigenvalue weighted by Crippen LogP contribution is 2.35. The van der Waals surface area contributed by atoms with Gasteiger partial charge in [0.15, 0.2) is 0 Å². The van der Waals surface area contributed by atoms with Gasteiger partial charge in [0.1, 0.15) is 5.56 Å². The van der Waals surface area contributed by atoms with Gasteiger partial charge < -0.3 is 14.7 Å². The van der Waals surface area contributed by atoms with Crippen LogP contribution in [0.4, 0.5) is 5.69 Å². The number of carbonyl (C=O) groups is 1. The summed E-state index contributed by atoms with van der Waals surface area (Å²) in [4.78, 5) is 18.0. The summed E-state index contributed by atoms with van der Waals surface area (Å²) in [5.41, 5.74) is 1.89. The molecule has 2 aromatic rings. The highest BCUT2D eigenvalue weighted by atomic mass is 16.5. The number of hydrogen-bond donors (Lipinski definition) is 1. The standard InChI is InChI=1S/C16H16N2O3/c19-16(20)13-7-17-14-4-2-1-3-12(14)15(13)18-8-10-5-6-11(9-18)21-10/h1-4,7,10-11H,5-6,8-9H2,(H,19,20). The Morgan fingerprint density at radius 2 is 1.95 bits per heavy atom. The van der Waals surface area contributed by atoms with Crippen LogP contribution in [0, 0.1) is 0 Å². The van der Waals surface area contributed by atoms with Crippen molar-refractivity contribution in [2.75, 3.05) is 18.0 Å². The third-order valence-corrected chi connectivity index (χ3v) is 4.34. The topological polar surface area (TPSA) is 62.7 Å². The zero-order valence-electron chi connectivity index (χ0n) is 11.5. The second-order valence-corrected chi connectivity index (χ2v) is 5.71. The monoisotopic (exact) mass is 284 g/mol. The van der Waals surface area contributed by atoms with Gasteiger partial charge in [0.05, 0.1) is 23.4 Å². The van der Waals surface area contributed by atoms with Gasteiger partial charge in [-0.3, -0.25) is 4.98 Å². The Kier molecular flexibility index (Phi) is 2.82. The van der Waals surface area contributed by atoms with Crippen LogP contribution in [0.3, 0.4) is 0 Å². The minimum absolute atomic E-state index is 0.220. The Morgan fingerprint density at radius 1 is 1.24 bits per heavy atom. The second kappa shape index (κ2) is 4.70. The number of pyridine rings is 1. The Balaban J connectivity index is 1.88. The molecule has 2 atom stereocenters. The van der Waals surface area contributed by atoms with Gasteiger partial charge in [-0.15, -0.1) is 0 Å². The molecule has 1 aromatic carbocycles. The summed E-state index contributed by atoms with van der Waals surface area (Å²) >= 11 is 0. The van der Waals surface area contributed by atoms with Crippen LogP contribution in [-0.4, -0.2) is 41.4 Å². The number of anilines is 1. The molecule has 0 saturated carbocycles. The van der Waals surface area contributed by atoms with Crippen molar-refractivity contribution in [2.24, 2.45) is 0 Å². The molecule has 21 heavy (non-hydrogen) atoms. The second-order valence-electron chi connectivity index (χ2n) is 5.71. The molecule has 0 aliphatic carbocycles. The number of aromatic nitrogens is 1. The minimum Gasteiger partial charge on any atom is -0.478 e. The van der Waals surface area contributed by atoms with Gasteiger partial charge in [-0.25, -0.2) is 4.79 Å². The smallest absolute Gasteiger partial charge is 0.339 e. The number of rotatable bonds is 2. The molecule has 1 aromatic heterocycles. The van der Waals surface area contributed by atoms with Crippen molar-refractivity contribution >= 4 is 22.6 Å². The van der Waals surface area contributed by atoms with Gasteiger partial charge in [-0.2, -0.15) is 0 Å². The lowest BCUT2D eigenvalue weighted by Crippen LogP contribution is -2.43. The Hall–Kier alpha value is -2.14. The summed E-state index contributed by atoms with van der Waals surface area (Å²) < 4.78 is 5.86. The molecule has 2 aliphatic rings. The quantitative estimate of drug-likeness (QED) is 0.916. The number of nitrogens with zero attached hydrogens (tertiary/aromatic N) is 2. The zero-order chi connectivity index (χ0) is 14.4. The van der Waals surface area contributed by atoms with Crippen LogP contribution in [0.25, 0.3) is 10.9 Å². The van der Waals surface area contributed by atoms with E-state index in [9.17, 15) is 9.90 Å². The van der Waals surface area contributed by atoms with Gasteiger partial charge in [-0.05, 0) is 18.9 Å². The average Bonchev–Trinajstić information content (AvgIpc) is 2.84. The van der Waals surface area contributed by atoms with Crippen LogP contribution < -0.4 is 4.90 Å². The van der Waals surface area contributed by atoms with Gasteiger partial charge >= 0.3 is 5.97 Å². The Bertz CT molecular complexity index is 704. The first-order valence-corrected chi connectivity index (χ1v) is 7.24. The fourth-order valence-corrected chi connectivity index (χ4v) is 3.42. The Morgan fingerprint density at radius 3 is 2.67 bits per heavy atom. The molecule has 0 spiro atoms. The summed E-state index contributed by atoms with van der Waals surface area (Å²) in [6, 6.07) is 7.71. The maximum atomic E-state index is 11.6. The van der Waals surface area contributed by atoms with Gasteiger partial charge in [0, 0.05) is 24.7 Å². The number of carboxylic acids is 1. The number of para-hydroxylation sites is 1. The molecule has 5 nitrogen and oxygen atoms in total. The largest absolute Gasteiger partial charge is 0.478 e. The highest BCUT2D eigenvalue weighted by Gasteiger charge is 2.35. The molecule has 108 valence electrons. The number of hydrogen-bond acceptors (Lipinski definition) is 4. The van der Waals surface area contributed by atoms with Crippen molar-refractivity contribution in [1.29, 1.82) is 0 Å². The molecule has 1 N–H and O–H groups in total. The average molecular weight is 284 g/mol. The van der Waals surface area contributed by atoms with Crippen LogP contribution in [0.15, 0.2) is 30.5 Å². The maximum absolute atomic E-state index is 11.6. The van der Waals surface area contributed by atoms with E-state index in [0.717, 1.165) is 42.5 Å². The summed E-state index contributed by atoms with van der Waals surface area (Å²) in [6.45, 7) is 1.51. The number of aromatic carboxylic acids is 1. The third-order valence-electron chi connectivity index (χ3n) is 4.34. The molecule has 5 heteroatoms. The summed E-state index contributed by atoms with van der Waals surface area (Å²) in [6.07, 6.45) is 4.03. The number of benzene rings is 1. The van der Waals surface area contributed by atoms with Crippen LogP contribution in [0.1, 0.15) is 23.2 Å². The molecule has 2 bridgehead atoms. The van der Waals surface area contributed by atoms with E-state index < -0.39 is 5.97 Å². The summed E-state index contributed by atoms with van der Waals surface area (Å²) in [5.74, 6) is -0.929.